The van der Waals surface area contributed by atoms with Gasteiger partial charge in [-0.3, -0.25) is 9.69 Å². The summed E-state index contributed by atoms with van der Waals surface area (Å²) in [6.45, 7) is 7.71. The van der Waals surface area contributed by atoms with E-state index < -0.39 is 5.97 Å². The zero-order valence-corrected chi connectivity index (χ0v) is 17.5. The molecule has 2 aromatic carbocycles. The van der Waals surface area contributed by atoms with E-state index in [-0.39, 0.29) is 36.0 Å². The van der Waals surface area contributed by atoms with E-state index in [2.05, 4.69) is 11.8 Å². The number of nitrogens with zero attached hydrogens (tertiary/aromatic N) is 2. The highest BCUT2D eigenvalue weighted by atomic mass is 19.1. The Morgan fingerprint density at radius 3 is 2.47 bits per heavy atom. The van der Waals surface area contributed by atoms with Crippen LogP contribution in [0.5, 0.6) is 5.75 Å². The highest BCUT2D eigenvalue weighted by molar-refractivity contribution is 5.88. The third-order valence-electron chi connectivity index (χ3n) is 5.52. The van der Waals surface area contributed by atoms with E-state index in [4.69, 9.17) is 9.84 Å². The molecule has 0 bridgehead atoms. The van der Waals surface area contributed by atoms with Crippen molar-refractivity contribution in [3.63, 3.8) is 0 Å². The standard InChI is InChI=1S/C23H27FN2O4/c1-15-4-7-19(23(28)29)10-21(15)30-14-22(27)26-12-16(2)25(11-17(26)3)13-18-5-8-20(24)9-6-18/h4-10,16-17H,11-14H2,1-3H3,(H,28,29). The number of benzene rings is 2. The molecule has 2 aromatic rings. The summed E-state index contributed by atoms with van der Waals surface area (Å²) in [6, 6.07) is 11.3. The molecule has 0 aromatic heterocycles. The first-order valence-corrected chi connectivity index (χ1v) is 9.99. The van der Waals surface area contributed by atoms with E-state index in [1.54, 1.807) is 18.2 Å². The number of hydrogen-bond donors (Lipinski definition) is 1. The number of carboxylic acid groups (broad SMARTS) is 1. The predicted molar refractivity (Wildman–Crippen MR) is 111 cm³/mol. The van der Waals surface area contributed by atoms with E-state index >= 15 is 0 Å². The molecule has 7 heteroatoms. The number of carboxylic acids is 1. The SMILES string of the molecule is Cc1ccc(C(=O)O)cc1OCC(=O)N1CC(C)N(Cc2ccc(F)cc2)CC1C. The fourth-order valence-electron chi connectivity index (χ4n) is 3.70. The van der Waals surface area contributed by atoms with Gasteiger partial charge in [0.05, 0.1) is 5.56 Å². The van der Waals surface area contributed by atoms with Crippen molar-refractivity contribution < 1.29 is 23.8 Å². The lowest BCUT2D eigenvalue weighted by Crippen LogP contribution is -2.58. The fraction of sp³-hybridized carbons (Fsp3) is 0.391. The lowest BCUT2D eigenvalue weighted by atomic mass is 10.1. The van der Waals surface area contributed by atoms with Gasteiger partial charge in [0.1, 0.15) is 11.6 Å². The van der Waals surface area contributed by atoms with Crippen LogP contribution in [0.1, 0.15) is 35.3 Å². The first kappa shape index (κ1) is 21.8. The summed E-state index contributed by atoms with van der Waals surface area (Å²) in [6.07, 6.45) is 0. The molecule has 0 spiro atoms. The molecule has 1 N–H and O–H groups in total. The van der Waals surface area contributed by atoms with Crippen molar-refractivity contribution in [1.82, 2.24) is 9.80 Å². The van der Waals surface area contributed by atoms with Gasteiger partial charge in [0.2, 0.25) is 0 Å². The molecule has 1 saturated heterocycles. The van der Waals surface area contributed by atoms with Gasteiger partial charge in [-0.05, 0) is 56.2 Å². The molecule has 1 heterocycles. The Morgan fingerprint density at radius 1 is 1.10 bits per heavy atom. The Kier molecular flexibility index (Phi) is 6.72. The number of aromatic carboxylic acids is 1. The number of ether oxygens (including phenoxy) is 1. The van der Waals surface area contributed by atoms with Crippen molar-refractivity contribution in [3.8, 4) is 5.75 Å². The second kappa shape index (κ2) is 9.26. The fourth-order valence-corrected chi connectivity index (χ4v) is 3.70. The van der Waals surface area contributed by atoms with Crippen LogP contribution in [0, 0.1) is 12.7 Å². The van der Waals surface area contributed by atoms with Crippen molar-refractivity contribution in [2.24, 2.45) is 0 Å². The van der Waals surface area contributed by atoms with E-state index in [0.29, 0.717) is 25.4 Å². The second-order valence-corrected chi connectivity index (χ2v) is 7.87. The first-order chi connectivity index (χ1) is 14.2. The largest absolute Gasteiger partial charge is 0.483 e. The van der Waals surface area contributed by atoms with E-state index in [1.165, 1.54) is 24.3 Å². The van der Waals surface area contributed by atoms with Gasteiger partial charge in [0.15, 0.2) is 6.61 Å². The smallest absolute Gasteiger partial charge is 0.335 e. The lowest BCUT2D eigenvalue weighted by molar-refractivity contribution is -0.139. The summed E-state index contributed by atoms with van der Waals surface area (Å²) in [4.78, 5) is 28.0. The van der Waals surface area contributed by atoms with Gasteiger partial charge in [-0.25, -0.2) is 9.18 Å². The summed E-state index contributed by atoms with van der Waals surface area (Å²) in [5.41, 5.74) is 1.94. The Morgan fingerprint density at radius 2 is 1.80 bits per heavy atom. The molecule has 0 saturated carbocycles. The summed E-state index contributed by atoms with van der Waals surface area (Å²) < 4.78 is 18.8. The highest BCUT2D eigenvalue weighted by Crippen LogP contribution is 2.22. The number of piperazine rings is 1. The zero-order valence-electron chi connectivity index (χ0n) is 17.5. The Hall–Kier alpha value is -2.93. The van der Waals surface area contributed by atoms with Crippen LogP contribution in [-0.4, -0.2) is 58.6 Å². The van der Waals surface area contributed by atoms with Gasteiger partial charge >= 0.3 is 5.97 Å². The van der Waals surface area contributed by atoms with Gasteiger partial charge in [0.25, 0.3) is 5.91 Å². The third kappa shape index (κ3) is 5.16. The molecule has 6 nitrogen and oxygen atoms in total. The minimum Gasteiger partial charge on any atom is -0.483 e. The summed E-state index contributed by atoms with van der Waals surface area (Å²) >= 11 is 0. The van der Waals surface area contributed by atoms with Crippen LogP contribution in [0.25, 0.3) is 0 Å². The van der Waals surface area contributed by atoms with E-state index in [0.717, 1.165) is 11.1 Å². The van der Waals surface area contributed by atoms with Gasteiger partial charge in [-0.15, -0.1) is 0 Å². The lowest BCUT2D eigenvalue weighted by Gasteiger charge is -2.44. The van der Waals surface area contributed by atoms with Crippen LogP contribution in [0.3, 0.4) is 0 Å². The molecule has 2 atom stereocenters. The number of carbonyl (C=O) groups excluding carboxylic acids is 1. The quantitative estimate of drug-likeness (QED) is 0.785. The minimum atomic E-state index is -1.04. The number of amides is 1. The second-order valence-electron chi connectivity index (χ2n) is 7.87. The van der Waals surface area contributed by atoms with Crippen LogP contribution in [-0.2, 0) is 11.3 Å². The van der Waals surface area contributed by atoms with Crippen molar-refractivity contribution in [1.29, 1.82) is 0 Å². The zero-order chi connectivity index (χ0) is 21.8. The van der Waals surface area contributed by atoms with Crippen molar-refractivity contribution in [3.05, 3.63) is 65.0 Å². The monoisotopic (exact) mass is 414 g/mol. The van der Waals surface area contributed by atoms with Crippen LogP contribution >= 0.6 is 0 Å². The Bertz CT molecular complexity index is 916. The van der Waals surface area contributed by atoms with Crippen molar-refractivity contribution >= 4 is 11.9 Å². The maximum atomic E-state index is 13.1. The van der Waals surface area contributed by atoms with E-state index in [9.17, 15) is 14.0 Å². The molecule has 3 rings (SSSR count). The van der Waals surface area contributed by atoms with Crippen LogP contribution < -0.4 is 4.74 Å². The minimum absolute atomic E-state index is 0.00389. The van der Waals surface area contributed by atoms with Crippen LogP contribution in [0.4, 0.5) is 4.39 Å². The Balaban J connectivity index is 1.59. The van der Waals surface area contributed by atoms with E-state index in [1.807, 2.05) is 18.7 Å². The summed E-state index contributed by atoms with van der Waals surface area (Å²) in [7, 11) is 0. The van der Waals surface area contributed by atoms with Crippen molar-refractivity contribution in [2.45, 2.75) is 39.4 Å². The van der Waals surface area contributed by atoms with Gasteiger partial charge in [0, 0.05) is 31.7 Å². The normalized spacial score (nSPS) is 19.5. The molecule has 2 unspecified atom stereocenters. The molecule has 1 amide bonds. The average Bonchev–Trinajstić information content (AvgIpc) is 2.71. The molecule has 0 radical (unpaired) electrons. The molecule has 0 aliphatic carbocycles. The van der Waals surface area contributed by atoms with Crippen LogP contribution in [0.15, 0.2) is 42.5 Å². The first-order valence-electron chi connectivity index (χ1n) is 9.99. The number of aryl methyl sites for hydroxylation is 1. The summed E-state index contributed by atoms with van der Waals surface area (Å²) in [5, 5.41) is 9.14. The number of hydrogen-bond acceptors (Lipinski definition) is 4. The average molecular weight is 414 g/mol. The third-order valence-corrected chi connectivity index (χ3v) is 5.52. The van der Waals surface area contributed by atoms with Gasteiger partial charge < -0.3 is 14.7 Å². The molecule has 30 heavy (non-hydrogen) atoms. The molecule has 160 valence electrons. The molecular weight excluding hydrogens is 387 g/mol. The Labute approximate surface area is 175 Å². The number of rotatable bonds is 6. The molecule has 1 fully saturated rings. The number of halogens is 1. The number of carbonyl (C=O) groups is 2. The summed E-state index contributed by atoms with van der Waals surface area (Å²) in [5.74, 6) is -1.01. The highest BCUT2D eigenvalue weighted by Gasteiger charge is 2.32. The van der Waals surface area contributed by atoms with Crippen LogP contribution in [0.2, 0.25) is 0 Å². The predicted octanol–water partition coefficient (Wildman–Crippen LogP) is 3.33. The molecule has 1 aliphatic rings. The molecular formula is C23H27FN2O4. The maximum absolute atomic E-state index is 13.1. The topological polar surface area (TPSA) is 70.1 Å². The van der Waals surface area contributed by atoms with Gasteiger partial charge in [-0.1, -0.05) is 18.2 Å². The maximum Gasteiger partial charge on any atom is 0.335 e. The molecule has 1 aliphatic heterocycles. The van der Waals surface area contributed by atoms with Crippen molar-refractivity contribution in [2.75, 3.05) is 19.7 Å². The van der Waals surface area contributed by atoms with Gasteiger partial charge in [-0.2, -0.15) is 0 Å².